The molecule has 3 aliphatic heterocycles. The highest BCUT2D eigenvalue weighted by atomic mass is 79.9. The molecule has 3 saturated heterocycles. The lowest BCUT2D eigenvalue weighted by Gasteiger charge is -2.44. The van der Waals surface area contributed by atoms with Crippen LogP contribution in [0.1, 0.15) is 78.9 Å². The molecule has 270 valence electrons. The van der Waals surface area contributed by atoms with Crippen molar-refractivity contribution in [3.8, 4) is 0 Å². The van der Waals surface area contributed by atoms with E-state index in [2.05, 4.69) is 29.1 Å². The molecule has 4 rings (SSSR count). The zero-order valence-electron chi connectivity index (χ0n) is 30.0. The molecule has 0 radical (unpaired) electrons. The third kappa shape index (κ3) is 7.13. The number of ether oxygens (including phenoxy) is 2. The molecule has 1 unspecified atom stereocenters. The van der Waals surface area contributed by atoms with Gasteiger partial charge in [-0.1, -0.05) is 78.7 Å². The highest BCUT2D eigenvalue weighted by Gasteiger charge is 2.78. The second-order valence-corrected chi connectivity index (χ2v) is 16.0. The van der Waals surface area contributed by atoms with Crippen LogP contribution in [0.25, 0.3) is 0 Å². The molecule has 0 saturated carbocycles. The fourth-order valence-corrected chi connectivity index (χ4v) is 8.83. The van der Waals surface area contributed by atoms with Gasteiger partial charge in [-0.3, -0.25) is 19.2 Å². The molecule has 3 heterocycles. The first-order valence-corrected chi connectivity index (χ1v) is 18.3. The van der Waals surface area contributed by atoms with Gasteiger partial charge in [0, 0.05) is 30.4 Å². The summed E-state index contributed by atoms with van der Waals surface area (Å²) in [6.45, 7) is 19.0. The molecular weight excluding hydrogens is 690 g/mol. The lowest BCUT2D eigenvalue weighted by Crippen LogP contribution is -2.62. The van der Waals surface area contributed by atoms with Crippen molar-refractivity contribution in [2.24, 2.45) is 17.8 Å². The van der Waals surface area contributed by atoms with E-state index in [1.165, 1.54) is 4.90 Å². The lowest BCUT2D eigenvalue weighted by molar-refractivity contribution is -0.165. The number of amides is 3. The van der Waals surface area contributed by atoms with Crippen molar-refractivity contribution in [3.63, 3.8) is 0 Å². The summed E-state index contributed by atoms with van der Waals surface area (Å²) in [7, 11) is 1.69. The van der Waals surface area contributed by atoms with Crippen LogP contribution in [0.15, 0.2) is 55.6 Å². The lowest BCUT2D eigenvalue weighted by atomic mass is 9.70. The van der Waals surface area contributed by atoms with Crippen molar-refractivity contribution in [1.29, 1.82) is 0 Å². The molecule has 3 amide bonds. The van der Waals surface area contributed by atoms with E-state index in [1.807, 2.05) is 71.9 Å². The molecule has 2 bridgehead atoms. The van der Waals surface area contributed by atoms with Gasteiger partial charge >= 0.3 is 5.97 Å². The van der Waals surface area contributed by atoms with Crippen molar-refractivity contribution < 1.29 is 33.8 Å². The van der Waals surface area contributed by atoms with Gasteiger partial charge in [-0.15, -0.1) is 13.2 Å². The van der Waals surface area contributed by atoms with Crippen molar-refractivity contribution >= 4 is 39.6 Å². The minimum Gasteiger partial charge on any atom is -0.455 e. The average Bonchev–Trinajstić information content (AvgIpc) is 3.67. The summed E-state index contributed by atoms with van der Waals surface area (Å²) in [5.41, 5.74) is -1.24. The highest BCUT2D eigenvalue weighted by Crippen LogP contribution is 2.61. The molecule has 1 spiro atoms. The van der Waals surface area contributed by atoms with E-state index in [9.17, 15) is 24.3 Å². The summed E-state index contributed by atoms with van der Waals surface area (Å²) in [4.78, 5) is 61.6. The third-order valence-corrected chi connectivity index (χ3v) is 11.7. The fourth-order valence-electron chi connectivity index (χ4n) is 7.88. The van der Waals surface area contributed by atoms with Crippen LogP contribution in [-0.2, 0) is 28.7 Å². The summed E-state index contributed by atoms with van der Waals surface area (Å²) < 4.78 is 13.1. The quantitative estimate of drug-likeness (QED) is 0.152. The molecule has 0 aliphatic carbocycles. The maximum Gasteiger partial charge on any atom is 0.313 e. The van der Waals surface area contributed by atoms with Crippen molar-refractivity contribution in [2.75, 3.05) is 20.2 Å². The molecule has 3 aliphatic rings. The molecular formula is C38H54BrN3O7. The summed E-state index contributed by atoms with van der Waals surface area (Å²) in [6, 6.07) is 6.96. The topological polar surface area (TPSA) is 117 Å². The average molecular weight is 745 g/mol. The van der Waals surface area contributed by atoms with Crippen molar-refractivity contribution in [3.05, 3.63) is 61.2 Å². The number of nitrogens with zero attached hydrogens (tertiary/aromatic N) is 3. The van der Waals surface area contributed by atoms with Crippen LogP contribution in [0.4, 0.5) is 0 Å². The molecule has 1 aromatic rings. The van der Waals surface area contributed by atoms with Gasteiger partial charge < -0.3 is 29.3 Å². The minimum atomic E-state index is -1.33. The van der Waals surface area contributed by atoms with E-state index in [4.69, 9.17) is 9.47 Å². The second kappa shape index (κ2) is 15.5. The SMILES string of the molecule is C=CCCC(=O)N(C)[C@@H](C)[C@@H](OC(=O)[C@@H]1[C@H]2O[C@@]3(CC2Br)[C@H](C(=O)N(CC=C)C(C)(C)C)N([C@@H](CO)[C@@H](C)CC)C(=O)[C@@H]13)c1ccccc1. The monoisotopic (exact) mass is 743 g/mol. The van der Waals surface area contributed by atoms with Crippen LogP contribution in [0, 0.1) is 17.8 Å². The van der Waals surface area contributed by atoms with Gasteiger partial charge in [0.15, 0.2) is 0 Å². The summed E-state index contributed by atoms with van der Waals surface area (Å²) >= 11 is 3.75. The zero-order valence-corrected chi connectivity index (χ0v) is 31.6. The third-order valence-electron chi connectivity index (χ3n) is 10.8. The molecule has 1 aromatic carbocycles. The molecule has 10 nitrogen and oxygen atoms in total. The van der Waals surface area contributed by atoms with E-state index in [0.29, 0.717) is 24.8 Å². The van der Waals surface area contributed by atoms with Gasteiger partial charge in [0.25, 0.3) is 0 Å². The maximum atomic E-state index is 14.8. The Kier molecular flexibility index (Phi) is 12.2. The van der Waals surface area contributed by atoms with Gasteiger partial charge in [0.2, 0.25) is 17.7 Å². The summed E-state index contributed by atoms with van der Waals surface area (Å²) in [5, 5.41) is 10.7. The van der Waals surface area contributed by atoms with E-state index in [-0.39, 0.29) is 42.1 Å². The number of aliphatic hydroxyl groups excluding tert-OH is 1. The highest BCUT2D eigenvalue weighted by molar-refractivity contribution is 9.09. The molecule has 11 heteroatoms. The van der Waals surface area contributed by atoms with Gasteiger partial charge in [0.05, 0.1) is 36.6 Å². The number of benzene rings is 1. The normalized spacial score (nSPS) is 28.3. The number of likely N-dealkylation sites (N-methyl/N-ethyl adjacent to an activating group) is 1. The van der Waals surface area contributed by atoms with Gasteiger partial charge in [0.1, 0.15) is 17.7 Å². The number of alkyl halides is 1. The molecule has 0 aromatic heterocycles. The Morgan fingerprint density at radius 3 is 2.39 bits per heavy atom. The van der Waals surface area contributed by atoms with Gasteiger partial charge in [-0.25, -0.2) is 0 Å². The van der Waals surface area contributed by atoms with Crippen LogP contribution >= 0.6 is 15.9 Å². The van der Waals surface area contributed by atoms with E-state index >= 15 is 0 Å². The number of carbonyl (C=O) groups excluding carboxylic acids is 4. The summed E-state index contributed by atoms with van der Waals surface area (Å²) in [6.07, 6.45) is 3.56. The number of hydrogen-bond acceptors (Lipinski definition) is 7. The molecule has 49 heavy (non-hydrogen) atoms. The Hall–Kier alpha value is -3.02. The summed E-state index contributed by atoms with van der Waals surface area (Å²) in [5.74, 6) is -3.61. The number of hydrogen-bond donors (Lipinski definition) is 1. The first-order chi connectivity index (χ1) is 23.1. The molecule has 1 N–H and O–H groups in total. The van der Waals surface area contributed by atoms with Crippen molar-refractivity contribution in [2.45, 2.75) is 114 Å². The molecule has 10 atom stereocenters. The first-order valence-electron chi connectivity index (χ1n) is 17.4. The Morgan fingerprint density at radius 2 is 1.84 bits per heavy atom. The van der Waals surface area contributed by atoms with Crippen LogP contribution < -0.4 is 0 Å². The van der Waals surface area contributed by atoms with Gasteiger partial charge in [-0.05, 0) is 52.0 Å². The number of fused-ring (bicyclic) bond motifs is 1. The largest absolute Gasteiger partial charge is 0.455 e. The first kappa shape index (κ1) is 38.8. The number of aliphatic hydroxyl groups is 1. The van der Waals surface area contributed by atoms with Gasteiger partial charge in [-0.2, -0.15) is 0 Å². The number of carbonyl (C=O) groups is 4. The number of rotatable bonds is 15. The standard InChI is InChI=1S/C38H54BrN3O7/c1-10-13-19-28(44)40(9)24(5)31(25-17-15-14-16-18-25)48-36(47)29-30-34(45)42(27(22-43)23(4)12-3)33(38(30)21-26(39)32(29)49-38)35(46)41(20-11-2)37(6,7)8/h10-11,14-18,23-24,26-27,29-33,43H,1-2,12-13,19-22H2,3-9H3/t23-,24-,26?,27-,29-,30+,31+,32-,33-,38+/m0/s1. The predicted octanol–water partition coefficient (Wildman–Crippen LogP) is 5.05. The zero-order chi connectivity index (χ0) is 36.4. The van der Waals surface area contributed by atoms with Crippen LogP contribution in [-0.4, -0.2) is 104 Å². The van der Waals surface area contributed by atoms with E-state index < -0.39 is 65.2 Å². The number of esters is 1. The maximum absolute atomic E-state index is 14.8. The van der Waals surface area contributed by atoms with Crippen molar-refractivity contribution in [1.82, 2.24) is 14.7 Å². The van der Waals surface area contributed by atoms with E-state index in [1.54, 1.807) is 29.0 Å². The Morgan fingerprint density at radius 1 is 1.18 bits per heavy atom. The van der Waals surface area contributed by atoms with Crippen LogP contribution in [0.2, 0.25) is 0 Å². The number of allylic oxidation sites excluding steroid dienone is 1. The smallest absolute Gasteiger partial charge is 0.313 e. The Bertz CT molecular complexity index is 1400. The predicted molar refractivity (Wildman–Crippen MR) is 191 cm³/mol. The number of halogens is 1. The number of likely N-dealkylation sites (tertiary alicyclic amines) is 1. The molecule has 3 fully saturated rings. The van der Waals surface area contributed by atoms with Crippen LogP contribution in [0.5, 0.6) is 0 Å². The Labute approximate surface area is 300 Å². The minimum absolute atomic E-state index is 0.113. The fraction of sp³-hybridized carbons (Fsp3) is 0.632. The van der Waals surface area contributed by atoms with Crippen LogP contribution in [0.3, 0.4) is 0 Å². The second-order valence-electron chi connectivity index (χ2n) is 14.8. The Balaban J connectivity index is 1.79. The van der Waals surface area contributed by atoms with E-state index in [0.717, 1.165) is 0 Å².